The summed E-state index contributed by atoms with van der Waals surface area (Å²) in [5.41, 5.74) is 8.02. The van der Waals surface area contributed by atoms with Crippen molar-refractivity contribution in [3.8, 4) is 0 Å². The van der Waals surface area contributed by atoms with Gasteiger partial charge in [-0.2, -0.15) is 0 Å². The highest BCUT2D eigenvalue weighted by Crippen LogP contribution is 2.22. The lowest BCUT2D eigenvalue weighted by Gasteiger charge is -2.08. The van der Waals surface area contributed by atoms with Gasteiger partial charge in [0.1, 0.15) is 11.6 Å². The fourth-order valence-electron chi connectivity index (χ4n) is 1.60. The number of nitrogens with two attached hydrogens (primary N) is 1. The van der Waals surface area contributed by atoms with Gasteiger partial charge in [-0.05, 0) is 18.6 Å². The first-order valence-electron chi connectivity index (χ1n) is 5.12. The third-order valence-electron chi connectivity index (χ3n) is 2.49. The number of nitrogens with zero attached hydrogens (tertiary/aromatic N) is 2. The first-order valence-corrected chi connectivity index (χ1v) is 5.12. The molecule has 0 saturated carbocycles. The standard InChI is InChI=1S/C12H15N3/c1-7(2)12-14-10-8(3)5-4-6-9(10)11(13)15-12/h4-7H,1-3H3,(H2,13,14,15). The van der Waals surface area contributed by atoms with Gasteiger partial charge in [-0.25, -0.2) is 9.97 Å². The molecule has 0 radical (unpaired) electrons. The lowest BCUT2D eigenvalue weighted by atomic mass is 10.1. The Labute approximate surface area is 89.4 Å². The zero-order chi connectivity index (χ0) is 11.0. The number of hydrogen-bond donors (Lipinski definition) is 1. The summed E-state index contributed by atoms with van der Waals surface area (Å²) in [6.07, 6.45) is 0. The van der Waals surface area contributed by atoms with E-state index in [1.54, 1.807) is 0 Å². The summed E-state index contributed by atoms with van der Waals surface area (Å²) < 4.78 is 0. The molecule has 0 saturated heterocycles. The van der Waals surface area contributed by atoms with E-state index in [1.165, 1.54) is 0 Å². The molecule has 0 aliphatic heterocycles. The quantitative estimate of drug-likeness (QED) is 0.771. The molecule has 15 heavy (non-hydrogen) atoms. The number of fused-ring (bicyclic) bond motifs is 1. The number of rotatable bonds is 1. The van der Waals surface area contributed by atoms with Gasteiger partial charge in [-0.3, -0.25) is 0 Å². The molecule has 78 valence electrons. The number of aromatic nitrogens is 2. The average molecular weight is 201 g/mol. The average Bonchev–Trinajstić information content (AvgIpc) is 2.19. The number of benzene rings is 1. The monoisotopic (exact) mass is 201 g/mol. The van der Waals surface area contributed by atoms with E-state index >= 15 is 0 Å². The minimum absolute atomic E-state index is 0.302. The van der Waals surface area contributed by atoms with Gasteiger partial charge in [0, 0.05) is 11.3 Å². The summed E-state index contributed by atoms with van der Waals surface area (Å²) in [5, 5.41) is 0.944. The minimum Gasteiger partial charge on any atom is -0.383 e. The van der Waals surface area contributed by atoms with E-state index in [1.807, 2.05) is 25.1 Å². The molecule has 3 nitrogen and oxygen atoms in total. The summed E-state index contributed by atoms with van der Waals surface area (Å²) in [7, 11) is 0. The fourth-order valence-corrected chi connectivity index (χ4v) is 1.60. The van der Waals surface area contributed by atoms with E-state index in [4.69, 9.17) is 5.73 Å². The number of hydrogen-bond acceptors (Lipinski definition) is 3. The van der Waals surface area contributed by atoms with Crippen molar-refractivity contribution in [3.05, 3.63) is 29.6 Å². The van der Waals surface area contributed by atoms with Crippen molar-refractivity contribution in [2.75, 3.05) is 5.73 Å². The third kappa shape index (κ3) is 1.65. The second-order valence-corrected chi connectivity index (χ2v) is 4.09. The van der Waals surface area contributed by atoms with Crippen LogP contribution in [0.3, 0.4) is 0 Å². The van der Waals surface area contributed by atoms with Crippen molar-refractivity contribution >= 4 is 16.7 Å². The molecule has 0 unspecified atom stereocenters. The predicted octanol–water partition coefficient (Wildman–Crippen LogP) is 2.64. The van der Waals surface area contributed by atoms with Gasteiger partial charge in [0.2, 0.25) is 0 Å². The Morgan fingerprint density at radius 3 is 2.60 bits per heavy atom. The molecule has 0 atom stereocenters. The van der Waals surface area contributed by atoms with E-state index in [0.29, 0.717) is 11.7 Å². The van der Waals surface area contributed by atoms with Crippen molar-refractivity contribution in [1.29, 1.82) is 0 Å². The van der Waals surface area contributed by atoms with E-state index in [-0.39, 0.29) is 0 Å². The Morgan fingerprint density at radius 1 is 1.20 bits per heavy atom. The van der Waals surface area contributed by atoms with Gasteiger partial charge in [-0.15, -0.1) is 0 Å². The molecule has 1 heterocycles. The maximum Gasteiger partial charge on any atom is 0.135 e. The summed E-state index contributed by atoms with van der Waals surface area (Å²) in [6.45, 7) is 6.18. The maximum absolute atomic E-state index is 5.91. The highest BCUT2D eigenvalue weighted by Gasteiger charge is 2.09. The van der Waals surface area contributed by atoms with Crippen molar-refractivity contribution in [2.24, 2.45) is 0 Å². The second-order valence-electron chi connectivity index (χ2n) is 4.09. The summed E-state index contributed by atoms with van der Waals surface area (Å²) in [6, 6.07) is 5.98. The zero-order valence-electron chi connectivity index (χ0n) is 9.28. The van der Waals surface area contributed by atoms with Crippen LogP contribution in [-0.2, 0) is 0 Å². The van der Waals surface area contributed by atoms with Crippen molar-refractivity contribution in [2.45, 2.75) is 26.7 Å². The number of para-hydroxylation sites is 1. The van der Waals surface area contributed by atoms with Gasteiger partial charge in [0.25, 0.3) is 0 Å². The van der Waals surface area contributed by atoms with Gasteiger partial charge in [0.15, 0.2) is 0 Å². The molecule has 2 rings (SSSR count). The lowest BCUT2D eigenvalue weighted by Crippen LogP contribution is -2.03. The topological polar surface area (TPSA) is 51.8 Å². The van der Waals surface area contributed by atoms with Crippen LogP contribution in [0.15, 0.2) is 18.2 Å². The molecule has 3 heteroatoms. The van der Waals surface area contributed by atoms with Crippen LogP contribution in [0.25, 0.3) is 10.9 Å². The van der Waals surface area contributed by atoms with E-state index in [0.717, 1.165) is 22.3 Å². The minimum atomic E-state index is 0.302. The SMILES string of the molecule is Cc1cccc2c(N)nc(C(C)C)nc12. The fraction of sp³-hybridized carbons (Fsp3) is 0.333. The smallest absolute Gasteiger partial charge is 0.135 e. The van der Waals surface area contributed by atoms with Gasteiger partial charge >= 0.3 is 0 Å². The molecule has 0 spiro atoms. The van der Waals surface area contributed by atoms with Gasteiger partial charge < -0.3 is 5.73 Å². The van der Waals surface area contributed by atoms with Crippen LogP contribution in [-0.4, -0.2) is 9.97 Å². The van der Waals surface area contributed by atoms with Crippen LogP contribution in [0, 0.1) is 6.92 Å². The molecule has 0 bridgehead atoms. The molecular formula is C12H15N3. The Kier molecular flexibility index (Phi) is 2.31. The van der Waals surface area contributed by atoms with Crippen LogP contribution in [0.1, 0.15) is 31.2 Å². The maximum atomic E-state index is 5.91. The largest absolute Gasteiger partial charge is 0.383 e. The van der Waals surface area contributed by atoms with Crippen molar-refractivity contribution in [3.63, 3.8) is 0 Å². The predicted molar refractivity (Wildman–Crippen MR) is 62.8 cm³/mol. The Morgan fingerprint density at radius 2 is 1.93 bits per heavy atom. The Hall–Kier alpha value is -1.64. The van der Waals surface area contributed by atoms with E-state index < -0.39 is 0 Å². The number of anilines is 1. The normalized spacial score (nSPS) is 11.2. The zero-order valence-corrected chi connectivity index (χ0v) is 9.28. The number of nitrogen functional groups attached to an aromatic ring is 1. The highest BCUT2D eigenvalue weighted by molar-refractivity contribution is 5.90. The molecule has 0 fully saturated rings. The van der Waals surface area contributed by atoms with E-state index in [2.05, 4.69) is 23.8 Å². The summed E-state index contributed by atoms with van der Waals surface area (Å²) in [5.74, 6) is 1.69. The van der Waals surface area contributed by atoms with Crippen LogP contribution in [0.4, 0.5) is 5.82 Å². The Bertz CT molecular complexity index is 503. The highest BCUT2D eigenvalue weighted by atomic mass is 14.9. The summed E-state index contributed by atoms with van der Waals surface area (Å²) >= 11 is 0. The molecule has 1 aromatic heterocycles. The molecule has 1 aromatic carbocycles. The first-order chi connectivity index (χ1) is 7.09. The van der Waals surface area contributed by atoms with Crippen molar-refractivity contribution in [1.82, 2.24) is 9.97 Å². The first kappa shape index (κ1) is 9.90. The molecule has 0 aliphatic rings. The molecule has 2 N–H and O–H groups in total. The van der Waals surface area contributed by atoms with Crippen LogP contribution in [0.2, 0.25) is 0 Å². The molecule has 0 aliphatic carbocycles. The molecule has 2 aromatic rings. The van der Waals surface area contributed by atoms with Crippen molar-refractivity contribution < 1.29 is 0 Å². The van der Waals surface area contributed by atoms with Gasteiger partial charge in [-0.1, -0.05) is 26.0 Å². The number of aryl methyl sites for hydroxylation is 1. The summed E-state index contributed by atoms with van der Waals surface area (Å²) in [4.78, 5) is 8.85. The lowest BCUT2D eigenvalue weighted by molar-refractivity contribution is 0.785. The van der Waals surface area contributed by atoms with Crippen LogP contribution < -0.4 is 5.73 Å². The van der Waals surface area contributed by atoms with Crippen LogP contribution in [0.5, 0.6) is 0 Å². The van der Waals surface area contributed by atoms with Gasteiger partial charge in [0.05, 0.1) is 5.52 Å². The van der Waals surface area contributed by atoms with Crippen LogP contribution >= 0.6 is 0 Å². The molecular weight excluding hydrogens is 186 g/mol. The van der Waals surface area contributed by atoms with E-state index in [9.17, 15) is 0 Å². The Balaban J connectivity index is 2.80. The second kappa shape index (κ2) is 3.50. The molecule has 0 amide bonds. The third-order valence-corrected chi connectivity index (χ3v) is 2.49.